The lowest BCUT2D eigenvalue weighted by molar-refractivity contribution is -0.385. The minimum absolute atomic E-state index is 0.0424. The van der Waals surface area contributed by atoms with E-state index in [-0.39, 0.29) is 5.69 Å². The van der Waals surface area contributed by atoms with E-state index in [0.29, 0.717) is 5.82 Å². The van der Waals surface area contributed by atoms with Crippen LogP contribution in [0.3, 0.4) is 0 Å². The fourth-order valence-corrected chi connectivity index (χ4v) is 0.835. The van der Waals surface area contributed by atoms with Gasteiger partial charge in [-0.15, -0.1) is 0 Å². The van der Waals surface area contributed by atoms with Crippen molar-refractivity contribution in [3.8, 4) is 0 Å². The van der Waals surface area contributed by atoms with Gasteiger partial charge in [0, 0.05) is 12.3 Å². The quantitative estimate of drug-likeness (QED) is 0.479. The third-order valence-electron chi connectivity index (χ3n) is 1.86. The molecule has 0 atom stereocenters. The summed E-state index contributed by atoms with van der Waals surface area (Å²) in [7, 11) is 0. The Kier molecular flexibility index (Phi) is 4.14. The second-order valence-electron chi connectivity index (χ2n) is 3.06. The first-order chi connectivity index (χ1) is 7.63. The zero-order valence-electron chi connectivity index (χ0n) is 9.04. The minimum Gasteiger partial charge on any atom is -0.261 e. The summed E-state index contributed by atoms with van der Waals surface area (Å²) in [5.74, 6) is 0.464. The van der Waals surface area contributed by atoms with Gasteiger partial charge in [-0.25, -0.2) is 4.98 Å². The van der Waals surface area contributed by atoms with E-state index >= 15 is 0 Å². The number of nitrogens with one attached hydrogen (secondary N) is 1. The van der Waals surface area contributed by atoms with E-state index in [2.05, 4.69) is 15.5 Å². The van der Waals surface area contributed by atoms with Crippen molar-refractivity contribution in [3.63, 3.8) is 0 Å². The predicted molar refractivity (Wildman–Crippen MR) is 62.4 cm³/mol. The van der Waals surface area contributed by atoms with Crippen LogP contribution in [-0.2, 0) is 0 Å². The van der Waals surface area contributed by atoms with Crippen LogP contribution < -0.4 is 5.43 Å². The van der Waals surface area contributed by atoms with Gasteiger partial charge in [-0.2, -0.15) is 5.10 Å². The van der Waals surface area contributed by atoms with Crippen LogP contribution in [0.25, 0.3) is 0 Å². The fourth-order valence-electron chi connectivity index (χ4n) is 0.835. The lowest BCUT2D eigenvalue weighted by Gasteiger charge is -1.97. The Bertz CT molecular complexity index is 423. The van der Waals surface area contributed by atoms with Crippen LogP contribution >= 0.6 is 0 Å². The van der Waals surface area contributed by atoms with Gasteiger partial charge >= 0.3 is 0 Å². The van der Waals surface area contributed by atoms with Crippen molar-refractivity contribution in [3.05, 3.63) is 40.1 Å². The van der Waals surface area contributed by atoms with Gasteiger partial charge in [0.2, 0.25) is 0 Å². The Labute approximate surface area is 92.9 Å². The lowest BCUT2D eigenvalue weighted by Crippen LogP contribution is -1.94. The number of hydrogen-bond donors (Lipinski definition) is 1. The molecular weight excluding hydrogens is 208 g/mol. The molecule has 6 heteroatoms. The third kappa shape index (κ3) is 3.49. The van der Waals surface area contributed by atoms with E-state index in [9.17, 15) is 10.1 Å². The second-order valence-corrected chi connectivity index (χ2v) is 3.06. The average molecular weight is 220 g/mol. The molecule has 0 aromatic carbocycles. The van der Waals surface area contributed by atoms with Crippen LogP contribution in [0, 0.1) is 10.1 Å². The number of allylic oxidation sites excluding steroid dienone is 2. The molecule has 0 bridgehead atoms. The van der Waals surface area contributed by atoms with E-state index in [1.807, 2.05) is 19.9 Å². The summed E-state index contributed by atoms with van der Waals surface area (Å²) in [5.41, 5.74) is 3.64. The number of pyridine rings is 1. The summed E-state index contributed by atoms with van der Waals surface area (Å²) >= 11 is 0. The van der Waals surface area contributed by atoms with Gasteiger partial charge in [0.15, 0.2) is 0 Å². The Morgan fingerprint density at radius 3 is 2.88 bits per heavy atom. The first-order valence-electron chi connectivity index (χ1n) is 4.66. The van der Waals surface area contributed by atoms with E-state index in [0.717, 1.165) is 5.57 Å². The van der Waals surface area contributed by atoms with Crippen molar-refractivity contribution in [1.82, 2.24) is 4.98 Å². The Balaban J connectivity index is 2.63. The summed E-state index contributed by atoms with van der Waals surface area (Å²) in [6, 6.07) is 2.87. The zero-order valence-corrected chi connectivity index (χ0v) is 9.04. The van der Waals surface area contributed by atoms with Crippen molar-refractivity contribution in [1.29, 1.82) is 0 Å². The maximum absolute atomic E-state index is 10.4. The summed E-state index contributed by atoms with van der Waals surface area (Å²) in [4.78, 5) is 13.7. The van der Waals surface area contributed by atoms with Crippen LogP contribution in [-0.4, -0.2) is 16.1 Å². The van der Waals surface area contributed by atoms with E-state index in [1.165, 1.54) is 18.3 Å². The van der Waals surface area contributed by atoms with Crippen LogP contribution in [0.15, 0.2) is 35.1 Å². The van der Waals surface area contributed by atoms with Crippen LogP contribution in [0.2, 0.25) is 0 Å². The molecule has 1 N–H and O–H groups in total. The number of aromatic nitrogens is 1. The highest BCUT2D eigenvalue weighted by Crippen LogP contribution is 2.11. The molecule has 1 aromatic heterocycles. The van der Waals surface area contributed by atoms with Gasteiger partial charge in [0.1, 0.15) is 12.0 Å². The monoisotopic (exact) mass is 220 g/mol. The number of rotatable bonds is 4. The van der Waals surface area contributed by atoms with Gasteiger partial charge in [-0.05, 0) is 25.5 Å². The molecule has 0 unspecified atom stereocenters. The van der Waals surface area contributed by atoms with Crippen molar-refractivity contribution >= 4 is 17.7 Å². The van der Waals surface area contributed by atoms with E-state index in [1.54, 1.807) is 6.21 Å². The van der Waals surface area contributed by atoms with Crippen LogP contribution in [0.4, 0.5) is 11.5 Å². The summed E-state index contributed by atoms with van der Waals surface area (Å²) < 4.78 is 0. The standard InChI is InChI=1S/C10H12N4O2/c1-3-8(2)6-12-13-10-5-4-9(7-11-10)14(15)16/h3-7H,1-2H3,(H,11,13)/b8-3+,12-6+. The predicted octanol–water partition coefficient (Wildman–Crippen LogP) is 2.35. The summed E-state index contributed by atoms with van der Waals surface area (Å²) in [5, 5.41) is 14.3. The third-order valence-corrected chi connectivity index (χ3v) is 1.86. The van der Waals surface area contributed by atoms with Crippen molar-refractivity contribution in [2.24, 2.45) is 5.10 Å². The topological polar surface area (TPSA) is 80.4 Å². The molecule has 0 saturated carbocycles. The largest absolute Gasteiger partial charge is 0.287 e. The summed E-state index contributed by atoms with van der Waals surface area (Å²) in [6.45, 7) is 3.82. The van der Waals surface area contributed by atoms with Gasteiger partial charge in [-0.3, -0.25) is 15.5 Å². The lowest BCUT2D eigenvalue weighted by atomic mass is 10.3. The van der Waals surface area contributed by atoms with Crippen LogP contribution in [0.5, 0.6) is 0 Å². The summed E-state index contributed by atoms with van der Waals surface area (Å²) in [6.07, 6.45) is 4.73. The highest BCUT2D eigenvalue weighted by molar-refractivity contribution is 5.78. The molecule has 0 saturated heterocycles. The molecule has 0 aliphatic heterocycles. The maximum Gasteiger partial charge on any atom is 0.287 e. The average Bonchev–Trinajstić information content (AvgIpc) is 2.29. The SMILES string of the molecule is C/C=C(C)/C=N/Nc1ccc([N+](=O)[O-])cn1. The number of hydrogen-bond acceptors (Lipinski definition) is 5. The zero-order chi connectivity index (χ0) is 12.0. The number of anilines is 1. The van der Waals surface area contributed by atoms with E-state index < -0.39 is 4.92 Å². The van der Waals surface area contributed by atoms with Gasteiger partial charge < -0.3 is 0 Å². The molecule has 0 spiro atoms. The molecule has 16 heavy (non-hydrogen) atoms. The van der Waals surface area contributed by atoms with Gasteiger partial charge in [-0.1, -0.05) is 6.08 Å². The molecule has 1 aromatic rings. The number of hydrazone groups is 1. The second kappa shape index (κ2) is 5.59. The molecule has 1 heterocycles. The molecule has 1 rings (SSSR count). The first-order valence-corrected chi connectivity index (χ1v) is 4.66. The fraction of sp³-hybridized carbons (Fsp3) is 0.200. The molecule has 0 fully saturated rings. The van der Waals surface area contributed by atoms with Gasteiger partial charge in [0.05, 0.1) is 4.92 Å². The van der Waals surface area contributed by atoms with E-state index in [4.69, 9.17) is 0 Å². The maximum atomic E-state index is 10.4. The Hall–Kier alpha value is -2.24. The molecule has 84 valence electrons. The molecular formula is C10H12N4O2. The number of nitrogens with zero attached hydrogens (tertiary/aromatic N) is 3. The minimum atomic E-state index is -0.496. The normalized spacial score (nSPS) is 11.8. The van der Waals surface area contributed by atoms with Crippen LogP contribution in [0.1, 0.15) is 13.8 Å². The molecule has 0 radical (unpaired) electrons. The van der Waals surface area contributed by atoms with Crippen molar-refractivity contribution < 1.29 is 4.92 Å². The number of nitro groups is 1. The highest BCUT2D eigenvalue weighted by Gasteiger charge is 2.03. The molecule has 0 aliphatic carbocycles. The Morgan fingerprint density at radius 1 is 1.62 bits per heavy atom. The molecule has 0 aliphatic rings. The molecule has 0 amide bonds. The Morgan fingerprint density at radius 2 is 2.38 bits per heavy atom. The first kappa shape index (κ1) is 11.8. The smallest absolute Gasteiger partial charge is 0.261 e. The van der Waals surface area contributed by atoms with Crippen molar-refractivity contribution in [2.75, 3.05) is 5.43 Å². The highest BCUT2D eigenvalue weighted by atomic mass is 16.6. The molecule has 6 nitrogen and oxygen atoms in total. The van der Waals surface area contributed by atoms with Gasteiger partial charge in [0.25, 0.3) is 5.69 Å². The van der Waals surface area contributed by atoms with Crippen molar-refractivity contribution in [2.45, 2.75) is 13.8 Å².